The molecule has 0 radical (unpaired) electrons. The number of hydrogen-bond donors (Lipinski definition) is 2. The quantitative estimate of drug-likeness (QED) is 0.859. The molecule has 2 unspecified atom stereocenters. The van der Waals surface area contributed by atoms with Crippen molar-refractivity contribution in [2.24, 2.45) is 5.73 Å². The van der Waals surface area contributed by atoms with Crippen molar-refractivity contribution in [2.75, 3.05) is 11.9 Å². The molecule has 1 saturated heterocycles. The van der Waals surface area contributed by atoms with Gasteiger partial charge in [-0.05, 0) is 37.8 Å². The average Bonchev–Trinajstić information content (AvgIpc) is 3.16. The Morgan fingerprint density at radius 1 is 1.40 bits per heavy atom. The van der Waals surface area contributed by atoms with Crippen molar-refractivity contribution in [3.63, 3.8) is 0 Å². The molecule has 1 aliphatic carbocycles. The highest BCUT2D eigenvalue weighted by Gasteiger charge is 2.38. The first-order valence-electron chi connectivity index (χ1n) is 7.52. The molecular weight excluding hydrogens is 250 g/mol. The third-order valence-corrected chi connectivity index (χ3v) is 4.38. The van der Waals surface area contributed by atoms with E-state index >= 15 is 0 Å². The number of carbonyl (C=O) groups is 1. The second-order valence-electron chi connectivity index (χ2n) is 6.15. The Balaban J connectivity index is 1.67. The van der Waals surface area contributed by atoms with Gasteiger partial charge in [0.2, 0.25) is 5.91 Å². The summed E-state index contributed by atoms with van der Waals surface area (Å²) in [5.41, 5.74) is 7.37. The van der Waals surface area contributed by atoms with Gasteiger partial charge in [-0.25, -0.2) is 0 Å². The summed E-state index contributed by atoms with van der Waals surface area (Å²) in [6.45, 7) is 3.42. The van der Waals surface area contributed by atoms with Crippen LogP contribution in [0.25, 0.3) is 0 Å². The molecule has 4 heteroatoms. The maximum absolute atomic E-state index is 11.1. The maximum Gasteiger partial charge on any atom is 0.221 e. The van der Waals surface area contributed by atoms with E-state index in [9.17, 15) is 4.79 Å². The summed E-state index contributed by atoms with van der Waals surface area (Å²) < 4.78 is 0. The van der Waals surface area contributed by atoms with Gasteiger partial charge in [0, 0.05) is 30.4 Å². The second kappa shape index (κ2) is 5.44. The molecule has 0 spiro atoms. The molecule has 2 aliphatic rings. The van der Waals surface area contributed by atoms with E-state index in [4.69, 9.17) is 5.73 Å². The first-order chi connectivity index (χ1) is 9.63. The average molecular weight is 273 g/mol. The second-order valence-corrected chi connectivity index (χ2v) is 6.15. The Kier molecular flexibility index (Phi) is 3.66. The lowest BCUT2D eigenvalue weighted by molar-refractivity contribution is -0.117. The first kappa shape index (κ1) is 13.4. The summed E-state index contributed by atoms with van der Waals surface area (Å²) in [7, 11) is 0. The topological polar surface area (TPSA) is 58.4 Å². The molecule has 2 atom stereocenters. The van der Waals surface area contributed by atoms with Crippen LogP contribution in [0.2, 0.25) is 0 Å². The fourth-order valence-corrected chi connectivity index (χ4v) is 3.30. The molecule has 1 aromatic rings. The predicted molar refractivity (Wildman–Crippen MR) is 80.6 cm³/mol. The van der Waals surface area contributed by atoms with E-state index in [1.165, 1.54) is 19.3 Å². The van der Waals surface area contributed by atoms with Crippen molar-refractivity contribution >= 4 is 11.6 Å². The maximum atomic E-state index is 11.1. The van der Waals surface area contributed by atoms with Gasteiger partial charge in [-0.15, -0.1) is 0 Å². The Bertz CT molecular complexity index is 498. The Hall–Kier alpha value is -1.55. The number of nitrogens with zero attached hydrogens (tertiary/aromatic N) is 1. The molecule has 4 nitrogen and oxygen atoms in total. The van der Waals surface area contributed by atoms with Gasteiger partial charge in [0.15, 0.2) is 0 Å². The summed E-state index contributed by atoms with van der Waals surface area (Å²) in [6.07, 6.45) is 4.18. The van der Waals surface area contributed by atoms with Crippen molar-refractivity contribution < 1.29 is 4.79 Å². The number of hydrogen-bond acceptors (Lipinski definition) is 3. The van der Waals surface area contributed by atoms with Crippen LogP contribution in [0, 0.1) is 0 Å². The van der Waals surface area contributed by atoms with Crippen LogP contribution in [0.3, 0.4) is 0 Å². The summed E-state index contributed by atoms with van der Waals surface area (Å²) in [5.74, 6) is -0.279. The van der Waals surface area contributed by atoms with Crippen molar-refractivity contribution in [3.05, 3.63) is 29.8 Å². The third-order valence-electron chi connectivity index (χ3n) is 4.38. The Labute approximate surface area is 120 Å². The van der Waals surface area contributed by atoms with Gasteiger partial charge in [-0.2, -0.15) is 0 Å². The number of para-hydroxylation sites is 1. The number of primary amides is 1. The van der Waals surface area contributed by atoms with E-state index in [1.54, 1.807) is 0 Å². The molecule has 20 heavy (non-hydrogen) atoms. The number of nitrogens with two attached hydrogens (primary N) is 1. The summed E-state index contributed by atoms with van der Waals surface area (Å²) in [4.78, 5) is 13.8. The van der Waals surface area contributed by atoms with Gasteiger partial charge >= 0.3 is 0 Å². The SMILES string of the molecule is CC1CC(Nc2ccccc2CC(N)=O)CN1C1CC1. The molecule has 1 aliphatic heterocycles. The minimum absolute atomic E-state index is 0.279. The van der Waals surface area contributed by atoms with Crippen LogP contribution in [-0.2, 0) is 11.2 Å². The number of likely N-dealkylation sites (tertiary alicyclic amines) is 1. The smallest absolute Gasteiger partial charge is 0.221 e. The fourth-order valence-electron chi connectivity index (χ4n) is 3.30. The highest BCUT2D eigenvalue weighted by atomic mass is 16.1. The minimum atomic E-state index is -0.279. The van der Waals surface area contributed by atoms with Gasteiger partial charge in [0.25, 0.3) is 0 Å². The highest BCUT2D eigenvalue weighted by molar-refractivity contribution is 5.78. The van der Waals surface area contributed by atoms with Crippen LogP contribution >= 0.6 is 0 Å². The summed E-state index contributed by atoms with van der Waals surface area (Å²) in [6, 6.07) is 9.93. The third kappa shape index (κ3) is 2.96. The van der Waals surface area contributed by atoms with Crippen LogP contribution in [0.15, 0.2) is 24.3 Å². The fraction of sp³-hybridized carbons (Fsp3) is 0.562. The normalized spacial score (nSPS) is 26.6. The molecule has 1 aromatic carbocycles. The summed E-state index contributed by atoms with van der Waals surface area (Å²) in [5, 5.41) is 3.61. The van der Waals surface area contributed by atoms with E-state index in [0.29, 0.717) is 18.5 Å². The Morgan fingerprint density at radius 3 is 2.85 bits per heavy atom. The zero-order valence-electron chi connectivity index (χ0n) is 12.0. The molecule has 1 heterocycles. The van der Waals surface area contributed by atoms with Gasteiger partial charge in [0.05, 0.1) is 6.42 Å². The van der Waals surface area contributed by atoms with Crippen LogP contribution in [0.5, 0.6) is 0 Å². The first-order valence-corrected chi connectivity index (χ1v) is 7.52. The number of rotatable bonds is 5. The largest absolute Gasteiger partial charge is 0.381 e. The van der Waals surface area contributed by atoms with Crippen molar-refractivity contribution in [2.45, 2.75) is 50.7 Å². The number of nitrogens with one attached hydrogen (secondary N) is 1. The van der Waals surface area contributed by atoms with E-state index < -0.39 is 0 Å². The lowest BCUT2D eigenvalue weighted by Gasteiger charge is -2.20. The van der Waals surface area contributed by atoms with Crippen LogP contribution < -0.4 is 11.1 Å². The zero-order chi connectivity index (χ0) is 14.1. The predicted octanol–water partition coefficient (Wildman–Crippen LogP) is 1.75. The minimum Gasteiger partial charge on any atom is -0.381 e. The van der Waals surface area contributed by atoms with Gasteiger partial charge in [0.1, 0.15) is 0 Å². The zero-order valence-corrected chi connectivity index (χ0v) is 12.0. The molecular formula is C16H23N3O. The molecule has 3 rings (SSSR count). The summed E-state index contributed by atoms with van der Waals surface area (Å²) >= 11 is 0. The van der Waals surface area contributed by atoms with Crippen LogP contribution in [0.4, 0.5) is 5.69 Å². The molecule has 3 N–H and O–H groups in total. The molecule has 0 aromatic heterocycles. The lowest BCUT2D eigenvalue weighted by Crippen LogP contribution is -2.31. The van der Waals surface area contributed by atoms with Crippen molar-refractivity contribution in [1.82, 2.24) is 4.90 Å². The standard InChI is InChI=1S/C16H23N3O/c1-11-8-13(10-19(11)14-6-7-14)18-15-5-3-2-4-12(15)9-16(17)20/h2-5,11,13-14,18H,6-10H2,1H3,(H2,17,20). The molecule has 108 valence electrons. The number of benzene rings is 1. The van der Waals surface area contributed by atoms with Crippen molar-refractivity contribution in [3.8, 4) is 0 Å². The van der Waals surface area contributed by atoms with E-state index in [1.807, 2.05) is 24.3 Å². The van der Waals surface area contributed by atoms with E-state index in [2.05, 4.69) is 17.1 Å². The van der Waals surface area contributed by atoms with Gasteiger partial charge in [-0.3, -0.25) is 9.69 Å². The van der Waals surface area contributed by atoms with E-state index in [-0.39, 0.29) is 5.91 Å². The van der Waals surface area contributed by atoms with Gasteiger partial charge in [-0.1, -0.05) is 18.2 Å². The van der Waals surface area contributed by atoms with Crippen LogP contribution in [-0.4, -0.2) is 35.5 Å². The van der Waals surface area contributed by atoms with E-state index in [0.717, 1.165) is 23.8 Å². The molecule has 1 amide bonds. The van der Waals surface area contributed by atoms with Crippen LogP contribution in [0.1, 0.15) is 31.7 Å². The van der Waals surface area contributed by atoms with Crippen molar-refractivity contribution in [1.29, 1.82) is 0 Å². The molecule has 1 saturated carbocycles. The highest BCUT2D eigenvalue weighted by Crippen LogP contribution is 2.34. The number of anilines is 1. The molecule has 0 bridgehead atoms. The lowest BCUT2D eigenvalue weighted by atomic mass is 10.1. The number of amides is 1. The number of carbonyl (C=O) groups excluding carboxylic acids is 1. The van der Waals surface area contributed by atoms with Gasteiger partial charge < -0.3 is 11.1 Å². The monoisotopic (exact) mass is 273 g/mol. The molecule has 2 fully saturated rings. The Morgan fingerprint density at radius 2 is 2.15 bits per heavy atom.